The number of aromatic hydroxyl groups is 1. The molecule has 0 radical (unpaired) electrons. The number of anilines is 3. The number of nitrogens with zero attached hydrogens (tertiary/aromatic N) is 4. The molecule has 2 heterocycles. The second-order valence-electron chi connectivity index (χ2n) is 7.59. The van der Waals surface area contributed by atoms with E-state index < -0.39 is 16.8 Å². The van der Waals surface area contributed by atoms with Gasteiger partial charge in [0.2, 0.25) is 0 Å². The molecule has 1 unspecified atom stereocenters. The highest BCUT2D eigenvalue weighted by molar-refractivity contribution is 5.97. The highest BCUT2D eigenvalue weighted by Gasteiger charge is 2.29. The second kappa shape index (κ2) is 7.29. The van der Waals surface area contributed by atoms with Gasteiger partial charge >= 0.3 is 0 Å². The van der Waals surface area contributed by atoms with Crippen molar-refractivity contribution in [2.75, 3.05) is 24.7 Å². The fourth-order valence-electron chi connectivity index (χ4n) is 3.70. The highest BCUT2D eigenvalue weighted by atomic mass is 16.3. The number of rotatable bonds is 5. The lowest BCUT2D eigenvalue weighted by Crippen LogP contribution is -2.38. The standard InChI is InChI=1S/C20H22N6O4/c1-25(2)20(30)16-17(27)12(7-8-21-16)23-15-14(18(28)19(15)29)22-11-6-4-5-10-9-26(3)24-13(10)11/h7-9,11,22,27H,4-6H2,1-3H3,(H,21,23). The minimum absolute atomic E-state index is 0.0489. The molecule has 3 aromatic rings. The number of aromatic nitrogens is 3. The molecule has 1 aliphatic carbocycles. The van der Waals surface area contributed by atoms with Gasteiger partial charge in [-0.2, -0.15) is 5.10 Å². The topological polar surface area (TPSA) is 129 Å². The number of nitrogens with one attached hydrogen (secondary N) is 2. The summed E-state index contributed by atoms with van der Waals surface area (Å²) in [6.07, 6.45) is 5.95. The average Bonchev–Trinajstić information content (AvgIpc) is 3.11. The van der Waals surface area contributed by atoms with Gasteiger partial charge in [-0.05, 0) is 30.9 Å². The Morgan fingerprint density at radius 2 is 2.00 bits per heavy atom. The van der Waals surface area contributed by atoms with Crippen LogP contribution in [0, 0.1) is 0 Å². The summed E-state index contributed by atoms with van der Waals surface area (Å²) in [4.78, 5) is 41.8. The summed E-state index contributed by atoms with van der Waals surface area (Å²) in [5.41, 5.74) is 0.843. The van der Waals surface area contributed by atoms with Crippen LogP contribution < -0.4 is 21.5 Å². The number of fused-ring (bicyclic) bond motifs is 1. The van der Waals surface area contributed by atoms with E-state index >= 15 is 0 Å². The molecule has 0 fully saturated rings. The van der Waals surface area contributed by atoms with Crippen LogP contribution in [0.15, 0.2) is 28.0 Å². The molecule has 4 rings (SSSR count). The van der Waals surface area contributed by atoms with E-state index in [0.29, 0.717) is 0 Å². The first-order valence-electron chi connectivity index (χ1n) is 9.56. The number of amides is 1. The third-order valence-electron chi connectivity index (χ3n) is 5.23. The summed E-state index contributed by atoms with van der Waals surface area (Å²) in [6, 6.07) is 1.25. The third kappa shape index (κ3) is 3.19. The van der Waals surface area contributed by atoms with E-state index in [1.807, 2.05) is 13.2 Å². The van der Waals surface area contributed by atoms with Crippen molar-refractivity contribution in [3.8, 4) is 5.75 Å². The second-order valence-corrected chi connectivity index (χ2v) is 7.59. The predicted molar refractivity (Wildman–Crippen MR) is 111 cm³/mol. The fourth-order valence-corrected chi connectivity index (χ4v) is 3.70. The predicted octanol–water partition coefficient (Wildman–Crippen LogP) is 1.05. The molecule has 156 valence electrons. The maximum absolute atomic E-state index is 12.2. The van der Waals surface area contributed by atoms with Crippen LogP contribution in [0.2, 0.25) is 0 Å². The Hall–Kier alpha value is -3.69. The molecule has 0 bridgehead atoms. The maximum atomic E-state index is 12.2. The highest BCUT2D eigenvalue weighted by Crippen LogP contribution is 2.34. The molecule has 1 atom stereocenters. The molecule has 2 aromatic heterocycles. The third-order valence-corrected chi connectivity index (χ3v) is 5.23. The summed E-state index contributed by atoms with van der Waals surface area (Å²) >= 11 is 0. The van der Waals surface area contributed by atoms with Crippen LogP contribution in [-0.4, -0.2) is 44.8 Å². The largest absolute Gasteiger partial charge is 0.504 e. The molecule has 0 spiro atoms. The summed E-state index contributed by atoms with van der Waals surface area (Å²) in [5.74, 6) is -0.871. The maximum Gasteiger partial charge on any atom is 0.275 e. The van der Waals surface area contributed by atoms with Crippen LogP contribution in [0.25, 0.3) is 0 Å². The summed E-state index contributed by atoms with van der Waals surface area (Å²) in [5, 5.41) is 20.9. The lowest BCUT2D eigenvalue weighted by molar-refractivity contribution is 0.0819. The van der Waals surface area contributed by atoms with Crippen molar-refractivity contribution in [1.29, 1.82) is 0 Å². The first-order chi connectivity index (χ1) is 14.3. The van der Waals surface area contributed by atoms with Gasteiger partial charge in [0.1, 0.15) is 11.4 Å². The summed E-state index contributed by atoms with van der Waals surface area (Å²) < 4.78 is 1.74. The molecule has 1 aliphatic rings. The van der Waals surface area contributed by atoms with Crippen LogP contribution >= 0.6 is 0 Å². The van der Waals surface area contributed by atoms with Crippen molar-refractivity contribution in [1.82, 2.24) is 19.7 Å². The average molecular weight is 410 g/mol. The molecule has 1 amide bonds. The zero-order valence-electron chi connectivity index (χ0n) is 16.9. The first kappa shape index (κ1) is 19.6. The smallest absolute Gasteiger partial charge is 0.275 e. The Bertz CT molecular complexity index is 1200. The zero-order chi connectivity index (χ0) is 21.6. The SMILES string of the molecule is CN(C)C(=O)c1nccc(Nc2c(NC3CCCc4cn(C)nc43)c(=O)c2=O)c1O. The van der Waals surface area contributed by atoms with E-state index in [0.717, 1.165) is 30.5 Å². The van der Waals surface area contributed by atoms with Crippen molar-refractivity contribution in [2.45, 2.75) is 25.3 Å². The van der Waals surface area contributed by atoms with Crippen molar-refractivity contribution in [3.05, 3.63) is 55.9 Å². The minimum Gasteiger partial charge on any atom is -0.504 e. The molecule has 0 saturated heterocycles. The Morgan fingerprint density at radius 1 is 1.27 bits per heavy atom. The van der Waals surface area contributed by atoms with Gasteiger partial charge in [-0.1, -0.05) is 0 Å². The van der Waals surface area contributed by atoms with Crippen LogP contribution in [-0.2, 0) is 13.5 Å². The van der Waals surface area contributed by atoms with Crippen molar-refractivity contribution in [3.63, 3.8) is 0 Å². The van der Waals surface area contributed by atoms with Gasteiger partial charge in [-0.3, -0.25) is 19.1 Å². The van der Waals surface area contributed by atoms with Crippen LogP contribution in [0.1, 0.15) is 40.6 Å². The number of hydrogen-bond donors (Lipinski definition) is 3. The molecular formula is C20H22N6O4. The monoisotopic (exact) mass is 410 g/mol. The Kier molecular flexibility index (Phi) is 4.76. The van der Waals surface area contributed by atoms with E-state index in [9.17, 15) is 19.5 Å². The van der Waals surface area contributed by atoms with Crippen LogP contribution in [0.4, 0.5) is 17.1 Å². The van der Waals surface area contributed by atoms with Crippen molar-refractivity contribution >= 4 is 23.0 Å². The summed E-state index contributed by atoms with van der Waals surface area (Å²) in [7, 11) is 4.93. The molecule has 10 heteroatoms. The lowest BCUT2D eigenvalue weighted by atomic mass is 9.93. The molecular weight excluding hydrogens is 388 g/mol. The number of carbonyl (C=O) groups excluding carboxylic acids is 1. The van der Waals surface area contributed by atoms with Crippen molar-refractivity contribution in [2.24, 2.45) is 7.05 Å². The molecule has 0 saturated carbocycles. The fraction of sp³-hybridized carbons (Fsp3) is 0.350. The van der Waals surface area contributed by atoms with Gasteiger partial charge in [-0.25, -0.2) is 4.98 Å². The van der Waals surface area contributed by atoms with Crippen LogP contribution in [0.3, 0.4) is 0 Å². The Labute approximate surface area is 171 Å². The van der Waals surface area contributed by atoms with Crippen LogP contribution in [0.5, 0.6) is 5.75 Å². The van der Waals surface area contributed by atoms with Gasteiger partial charge in [0, 0.05) is 33.5 Å². The van der Waals surface area contributed by atoms with Gasteiger partial charge in [-0.15, -0.1) is 0 Å². The zero-order valence-corrected chi connectivity index (χ0v) is 16.9. The van der Waals surface area contributed by atoms with Gasteiger partial charge in [0.15, 0.2) is 11.4 Å². The van der Waals surface area contributed by atoms with E-state index in [4.69, 9.17) is 0 Å². The number of aryl methyl sites for hydroxylation is 2. The number of hydrogen-bond acceptors (Lipinski definition) is 8. The van der Waals surface area contributed by atoms with E-state index in [2.05, 4.69) is 20.7 Å². The van der Waals surface area contributed by atoms with E-state index in [-0.39, 0.29) is 34.5 Å². The molecule has 10 nitrogen and oxygen atoms in total. The molecule has 1 aromatic carbocycles. The molecule has 0 aliphatic heterocycles. The number of pyridine rings is 1. The molecule has 30 heavy (non-hydrogen) atoms. The number of carbonyl (C=O) groups is 1. The van der Waals surface area contributed by atoms with E-state index in [1.165, 1.54) is 31.3 Å². The quantitative estimate of drug-likeness (QED) is 0.532. The first-order valence-corrected chi connectivity index (χ1v) is 9.56. The van der Waals surface area contributed by atoms with E-state index in [1.54, 1.807) is 4.68 Å². The van der Waals surface area contributed by atoms with Crippen molar-refractivity contribution < 1.29 is 9.90 Å². The molecule has 3 N–H and O–H groups in total. The lowest BCUT2D eigenvalue weighted by Gasteiger charge is -2.25. The Morgan fingerprint density at radius 3 is 2.73 bits per heavy atom. The summed E-state index contributed by atoms with van der Waals surface area (Å²) in [6.45, 7) is 0. The Balaban J connectivity index is 1.63. The minimum atomic E-state index is -0.689. The normalized spacial score (nSPS) is 15.6. The van der Waals surface area contributed by atoms with Gasteiger partial charge < -0.3 is 20.6 Å². The van der Waals surface area contributed by atoms with Gasteiger partial charge in [0.05, 0.1) is 17.4 Å². The van der Waals surface area contributed by atoms with Gasteiger partial charge in [0.25, 0.3) is 16.8 Å².